The van der Waals surface area contributed by atoms with Crippen molar-refractivity contribution in [2.24, 2.45) is 5.10 Å². The van der Waals surface area contributed by atoms with Crippen molar-refractivity contribution in [2.75, 3.05) is 19.6 Å². The van der Waals surface area contributed by atoms with Gasteiger partial charge in [-0.1, -0.05) is 6.42 Å². The number of carbonyl (C=O) groups excluding carboxylic acids is 2. The Kier molecular flexibility index (Phi) is 6.78. The number of sulfonamides is 1. The standard InChI is InChI=1S/C19H22N4O5S/c24-18(22-21-13-16-5-4-12-28-16)14-20-19(25)15-6-8-17(9-7-15)29(26,27)23-10-2-1-3-11-23/h4-9,12-13H,1-3,10-11,14H2,(H,20,25)(H,22,24). The van der Waals surface area contributed by atoms with Crippen LogP contribution in [0.4, 0.5) is 0 Å². The SMILES string of the molecule is O=C(CNC(=O)c1ccc(S(=O)(=O)N2CCCCC2)cc1)NN=Cc1ccco1. The van der Waals surface area contributed by atoms with Crippen molar-refractivity contribution in [2.45, 2.75) is 24.2 Å². The van der Waals surface area contributed by atoms with Crippen molar-refractivity contribution in [3.8, 4) is 0 Å². The molecule has 154 valence electrons. The molecular formula is C19H22N4O5S. The first-order valence-electron chi connectivity index (χ1n) is 9.20. The van der Waals surface area contributed by atoms with Gasteiger partial charge in [-0.15, -0.1) is 0 Å². The summed E-state index contributed by atoms with van der Waals surface area (Å²) in [7, 11) is -3.55. The fraction of sp³-hybridized carbons (Fsp3) is 0.316. The second-order valence-electron chi connectivity index (χ2n) is 6.48. The van der Waals surface area contributed by atoms with E-state index in [2.05, 4.69) is 15.8 Å². The van der Waals surface area contributed by atoms with Crippen molar-refractivity contribution in [1.29, 1.82) is 0 Å². The number of hydrogen-bond donors (Lipinski definition) is 2. The fourth-order valence-electron chi connectivity index (χ4n) is 2.87. The molecule has 0 unspecified atom stereocenters. The van der Waals surface area contributed by atoms with Gasteiger partial charge in [-0.25, -0.2) is 13.8 Å². The van der Waals surface area contributed by atoms with E-state index in [1.807, 2.05) is 0 Å². The summed E-state index contributed by atoms with van der Waals surface area (Å²) in [4.78, 5) is 24.0. The number of piperidine rings is 1. The summed E-state index contributed by atoms with van der Waals surface area (Å²) in [6, 6.07) is 9.04. The number of rotatable bonds is 7. The van der Waals surface area contributed by atoms with Crippen LogP contribution in [0.1, 0.15) is 35.4 Å². The number of carbonyl (C=O) groups is 2. The van der Waals surface area contributed by atoms with Crippen LogP contribution in [0, 0.1) is 0 Å². The lowest BCUT2D eigenvalue weighted by atomic mass is 10.2. The molecule has 0 atom stereocenters. The molecule has 2 amide bonds. The van der Waals surface area contributed by atoms with Gasteiger partial charge in [-0.05, 0) is 49.2 Å². The van der Waals surface area contributed by atoms with Crippen LogP contribution >= 0.6 is 0 Å². The fourth-order valence-corrected chi connectivity index (χ4v) is 4.38. The molecular weight excluding hydrogens is 396 g/mol. The second-order valence-corrected chi connectivity index (χ2v) is 8.42. The second kappa shape index (κ2) is 9.48. The zero-order chi connectivity index (χ0) is 20.7. The number of amides is 2. The third kappa shape index (κ3) is 5.52. The van der Waals surface area contributed by atoms with Gasteiger partial charge in [0.05, 0.1) is 23.9 Å². The first kappa shape index (κ1) is 20.7. The Morgan fingerprint density at radius 2 is 1.83 bits per heavy atom. The van der Waals surface area contributed by atoms with Crippen LogP contribution in [0.5, 0.6) is 0 Å². The van der Waals surface area contributed by atoms with Gasteiger partial charge in [0.25, 0.3) is 11.8 Å². The van der Waals surface area contributed by atoms with Crippen LogP contribution in [0.2, 0.25) is 0 Å². The number of furan rings is 1. The first-order valence-corrected chi connectivity index (χ1v) is 10.6. The Morgan fingerprint density at radius 3 is 2.48 bits per heavy atom. The number of nitrogens with zero attached hydrogens (tertiary/aromatic N) is 2. The molecule has 0 radical (unpaired) electrons. The highest BCUT2D eigenvalue weighted by Gasteiger charge is 2.25. The van der Waals surface area contributed by atoms with E-state index in [1.54, 1.807) is 12.1 Å². The maximum atomic E-state index is 12.6. The Labute approximate surface area is 168 Å². The summed E-state index contributed by atoms with van der Waals surface area (Å²) in [6.07, 6.45) is 5.56. The highest BCUT2D eigenvalue weighted by Crippen LogP contribution is 2.20. The lowest BCUT2D eigenvalue weighted by Gasteiger charge is -2.25. The molecule has 10 heteroatoms. The first-order chi connectivity index (χ1) is 14.0. The molecule has 2 N–H and O–H groups in total. The van der Waals surface area contributed by atoms with Crippen LogP contribution in [0.25, 0.3) is 0 Å². The lowest BCUT2D eigenvalue weighted by molar-refractivity contribution is -0.120. The third-order valence-electron chi connectivity index (χ3n) is 4.40. The molecule has 1 fully saturated rings. The predicted octanol–water partition coefficient (Wildman–Crippen LogP) is 1.33. The molecule has 1 aromatic heterocycles. The van der Waals surface area contributed by atoms with Gasteiger partial charge in [0, 0.05) is 18.7 Å². The quantitative estimate of drug-likeness (QED) is 0.519. The summed E-state index contributed by atoms with van der Waals surface area (Å²) in [6.45, 7) is 0.756. The van der Waals surface area contributed by atoms with Crippen molar-refractivity contribution in [1.82, 2.24) is 15.0 Å². The highest BCUT2D eigenvalue weighted by atomic mass is 32.2. The maximum absolute atomic E-state index is 12.6. The number of benzene rings is 1. The Hall–Kier alpha value is -2.98. The molecule has 2 heterocycles. The van der Waals surface area contributed by atoms with Gasteiger partial charge >= 0.3 is 0 Å². The molecule has 29 heavy (non-hydrogen) atoms. The molecule has 1 saturated heterocycles. The van der Waals surface area contributed by atoms with E-state index in [-0.39, 0.29) is 17.0 Å². The number of hydrogen-bond acceptors (Lipinski definition) is 6. The van der Waals surface area contributed by atoms with Crippen LogP contribution in [0.3, 0.4) is 0 Å². The average Bonchev–Trinajstić information content (AvgIpc) is 3.26. The number of nitrogens with one attached hydrogen (secondary N) is 2. The monoisotopic (exact) mass is 418 g/mol. The topological polar surface area (TPSA) is 121 Å². The molecule has 1 aromatic carbocycles. The highest BCUT2D eigenvalue weighted by molar-refractivity contribution is 7.89. The Bertz CT molecular complexity index is 963. The van der Waals surface area contributed by atoms with E-state index in [4.69, 9.17) is 4.42 Å². The van der Waals surface area contributed by atoms with Gasteiger partial charge in [0.15, 0.2) is 0 Å². The molecule has 0 aliphatic carbocycles. The zero-order valence-electron chi connectivity index (χ0n) is 15.7. The van der Waals surface area contributed by atoms with Crippen molar-refractivity contribution < 1.29 is 22.4 Å². The van der Waals surface area contributed by atoms with E-state index in [0.29, 0.717) is 18.8 Å². The Morgan fingerprint density at radius 1 is 1.10 bits per heavy atom. The molecule has 3 rings (SSSR count). The van der Waals surface area contributed by atoms with Crippen molar-refractivity contribution in [3.63, 3.8) is 0 Å². The largest absolute Gasteiger partial charge is 0.463 e. The average molecular weight is 418 g/mol. The van der Waals surface area contributed by atoms with E-state index in [9.17, 15) is 18.0 Å². The van der Waals surface area contributed by atoms with E-state index in [0.717, 1.165) is 19.3 Å². The van der Waals surface area contributed by atoms with Crippen molar-refractivity contribution >= 4 is 28.1 Å². The van der Waals surface area contributed by atoms with E-state index < -0.39 is 21.8 Å². The summed E-state index contributed by atoms with van der Waals surface area (Å²) in [5, 5.41) is 6.16. The van der Waals surface area contributed by atoms with Gasteiger partial charge in [0.2, 0.25) is 10.0 Å². The van der Waals surface area contributed by atoms with Gasteiger partial charge in [-0.2, -0.15) is 9.41 Å². The van der Waals surface area contributed by atoms with Gasteiger partial charge in [-0.3, -0.25) is 9.59 Å². The number of hydrazone groups is 1. The van der Waals surface area contributed by atoms with Crippen LogP contribution in [-0.2, 0) is 14.8 Å². The Balaban J connectivity index is 1.51. The molecule has 0 spiro atoms. The molecule has 2 aromatic rings. The molecule has 1 aliphatic heterocycles. The smallest absolute Gasteiger partial charge is 0.259 e. The minimum absolute atomic E-state index is 0.154. The minimum atomic E-state index is -3.55. The van der Waals surface area contributed by atoms with Crippen LogP contribution in [-0.4, -0.2) is 50.4 Å². The van der Waals surface area contributed by atoms with Gasteiger partial charge in [0.1, 0.15) is 5.76 Å². The maximum Gasteiger partial charge on any atom is 0.259 e. The van der Waals surface area contributed by atoms with Crippen molar-refractivity contribution in [3.05, 3.63) is 54.0 Å². The van der Waals surface area contributed by atoms with E-state index >= 15 is 0 Å². The zero-order valence-corrected chi connectivity index (χ0v) is 16.5. The molecule has 1 aliphatic rings. The third-order valence-corrected chi connectivity index (χ3v) is 6.32. The summed E-state index contributed by atoms with van der Waals surface area (Å²) in [5.74, 6) is -0.517. The van der Waals surface area contributed by atoms with Crippen LogP contribution < -0.4 is 10.7 Å². The normalized spacial score (nSPS) is 15.3. The minimum Gasteiger partial charge on any atom is -0.463 e. The van der Waals surface area contributed by atoms with Crippen LogP contribution in [0.15, 0.2) is 57.1 Å². The predicted molar refractivity (Wildman–Crippen MR) is 106 cm³/mol. The summed E-state index contributed by atoms with van der Waals surface area (Å²) in [5.41, 5.74) is 2.52. The molecule has 0 saturated carbocycles. The molecule has 9 nitrogen and oxygen atoms in total. The van der Waals surface area contributed by atoms with E-state index in [1.165, 1.54) is 41.0 Å². The lowest BCUT2D eigenvalue weighted by Crippen LogP contribution is -2.36. The van der Waals surface area contributed by atoms with Gasteiger partial charge < -0.3 is 9.73 Å². The summed E-state index contributed by atoms with van der Waals surface area (Å²) >= 11 is 0. The molecule has 0 bridgehead atoms. The summed E-state index contributed by atoms with van der Waals surface area (Å²) < 4.78 is 31.7.